The van der Waals surface area contributed by atoms with E-state index in [1.54, 1.807) is 0 Å². The van der Waals surface area contributed by atoms with Gasteiger partial charge in [-0.25, -0.2) is 0 Å². The molecule has 0 heterocycles. The molecule has 2 N–H and O–H groups in total. The van der Waals surface area contributed by atoms with Gasteiger partial charge >= 0.3 is 45.6 Å². The Morgan fingerprint density at radius 1 is 0.778 bits per heavy atom. The van der Waals surface area contributed by atoms with Crippen molar-refractivity contribution in [3.8, 4) is 0 Å². The molecule has 9 heteroatoms. The van der Waals surface area contributed by atoms with Crippen LogP contribution in [0.3, 0.4) is 0 Å². The Kier molecular flexibility index (Phi) is 4.45. The third-order valence-corrected chi connectivity index (χ3v) is 2.40. The zero-order chi connectivity index (χ0) is 7.00. The molecule has 0 bridgehead atoms. The van der Waals surface area contributed by atoms with E-state index in [4.69, 9.17) is 9.11 Å². The molecule has 0 aromatic carbocycles. The maximum absolute atomic E-state index is 9.37. The monoisotopic (exact) mass is 372 g/mol. The molecule has 0 atom stereocenters. The molecule has 0 aliphatic heterocycles. The van der Waals surface area contributed by atoms with Gasteiger partial charge in [0.25, 0.3) is 0 Å². The van der Waals surface area contributed by atoms with Gasteiger partial charge in [-0.15, -0.1) is 0 Å². The molecular weight excluding hydrogens is 367 g/mol. The van der Waals surface area contributed by atoms with Crippen molar-refractivity contribution in [1.82, 2.24) is 0 Å². The van der Waals surface area contributed by atoms with Crippen molar-refractivity contribution in [2.24, 2.45) is 0 Å². The zero-order valence-electron chi connectivity index (χ0n) is 4.05. The third-order valence-electron chi connectivity index (χ3n) is 0.266. The average Bonchev–Trinajstić information content (AvgIpc) is 1.25. The summed E-state index contributed by atoms with van der Waals surface area (Å²) in [7, 11) is -10.6. The van der Waals surface area contributed by atoms with Crippen LogP contribution < -0.4 is 0 Å². The second kappa shape index (κ2) is 3.23. The van der Waals surface area contributed by atoms with Crippen molar-refractivity contribution < 1.29 is 25.9 Å². The van der Waals surface area contributed by atoms with Crippen molar-refractivity contribution in [2.45, 2.75) is 0 Å². The fourth-order valence-electron chi connectivity index (χ4n) is 0. The molecule has 0 aliphatic rings. The summed E-state index contributed by atoms with van der Waals surface area (Å²) < 4.78 is 52.5. The quantitative estimate of drug-likeness (QED) is 0.307. The topological polar surface area (TPSA) is 109 Å². The van der Waals surface area contributed by atoms with E-state index in [-0.39, 0.29) is 27.3 Å². The minimum atomic E-state index is -5.31. The van der Waals surface area contributed by atoms with Gasteiger partial charge in [0.15, 0.2) is 0 Å². The second-order valence-corrected chi connectivity index (χ2v) is 5.09. The van der Waals surface area contributed by atoms with E-state index in [0.717, 1.165) is 0 Å². The van der Waals surface area contributed by atoms with E-state index < -0.39 is 18.3 Å². The van der Waals surface area contributed by atoms with Gasteiger partial charge in [0.05, 0.1) is 0 Å². The predicted molar refractivity (Wildman–Crippen MR) is 31.6 cm³/mol. The summed E-state index contributed by atoms with van der Waals surface area (Å²) in [6, 6.07) is 0. The van der Waals surface area contributed by atoms with E-state index in [1.807, 2.05) is 0 Å². The molecule has 0 fully saturated rings. The minimum absolute atomic E-state index is 0. The Labute approximate surface area is 71.3 Å². The fourth-order valence-corrected chi connectivity index (χ4v) is 0. The first kappa shape index (κ1) is 12.4. The van der Waals surface area contributed by atoms with Crippen LogP contribution in [0.15, 0.2) is 0 Å². The van der Waals surface area contributed by atoms with Crippen LogP contribution in [0, 0.1) is 0 Å². The zero-order valence-corrected chi connectivity index (χ0v) is 11.2. The molecule has 0 aromatic heterocycles. The predicted octanol–water partition coefficient (Wildman–Crippen LogP) is -2.24. The molecule has 0 unspecified atom stereocenters. The van der Waals surface area contributed by atoms with E-state index in [2.05, 4.69) is 0 Å². The average molecular weight is 371 g/mol. The van der Waals surface area contributed by atoms with Gasteiger partial charge in [0.2, 0.25) is 0 Å². The van der Waals surface area contributed by atoms with Crippen LogP contribution in [0.4, 0.5) is 0 Å². The Hall–Kier alpha value is 0.742. The first-order valence-electron chi connectivity index (χ1n) is 1.20. The first-order chi connectivity index (χ1) is 3.25. The molecule has 56 valence electrons. The Morgan fingerprint density at radius 2 is 0.889 bits per heavy atom. The summed E-state index contributed by atoms with van der Waals surface area (Å²) in [6.45, 7) is 0. The van der Waals surface area contributed by atoms with Gasteiger partial charge in [-0.05, 0) is 0 Å². The Bertz CT molecular complexity index is 223. The molecule has 0 aliphatic carbocycles. The van der Waals surface area contributed by atoms with Crippen LogP contribution >= 0.6 is 0 Å². The molecule has 0 rings (SSSR count). The summed E-state index contributed by atoms with van der Waals surface area (Å²) in [5, 5.41) is 0. The van der Waals surface area contributed by atoms with Gasteiger partial charge in [-0.2, -0.15) is 16.8 Å². The SMILES string of the molecule is O=S(=O)(O)S(=O)(=O)O.[PbH2]. The van der Waals surface area contributed by atoms with E-state index in [9.17, 15) is 16.8 Å². The second-order valence-electron chi connectivity index (χ2n) is 0.855. The number of hydrogen-bond acceptors (Lipinski definition) is 4. The van der Waals surface area contributed by atoms with E-state index in [1.165, 1.54) is 0 Å². The summed E-state index contributed by atoms with van der Waals surface area (Å²) >= 11 is 0. The van der Waals surface area contributed by atoms with Gasteiger partial charge < -0.3 is 0 Å². The van der Waals surface area contributed by atoms with Gasteiger partial charge in [0, 0.05) is 0 Å². The van der Waals surface area contributed by atoms with Gasteiger partial charge in [-0.1, -0.05) is 0 Å². The molecule has 0 saturated carbocycles. The molecule has 0 saturated heterocycles. The molecule has 0 spiro atoms. The number of hydrogen-bond donors (Lipinski definition) is 2. The van der Waals surface area contributed by atoms with Crippen LogP contribution in [-0.2, 0) is 18.3 Å². The van der Waals surface area contributed by atoms with Crippen molar-refractivity contribution in [1.29, 1.82) is 0 Å². The first-order valence-corrected chi connectivity index (χ1v) is 4.60. The van der Waals surface area contributed by atoms with Crippen molar-refractivity contribution >= 4 is 45.6 Å². The van der Waals surface area contributed by atoms with Gasteiger partial charge in [0.1, 0.15) is 0 Å². The summed E-state index contributed by atoms with van der Waals surface area (Å²) in [5.41, 5.74) is 0. The van der Waals surface area contributed by atoms with Crippen molar-refractivity contribution in [3.63, 3.8) is 0 Å². The molecule has 9 heavy (non-hydrogen) atoms. The Morgan fingerprint density at radius 3 is 0.889 bits per heavy atom. The van der Waals surface area contributed by atoms with Crippen molar-refractivity contribution in [3.05, 3.63) is 0 Å². The van der Waals surface area contributed by atoms with Crippen LogP contribution in [0.25, 0.3) is 0 Å². The summed E-state index contributed by atoms with van der Waals surface area (Å²) in [5.74, 6) is 0. The normalized spacial score (nSPS) is 12.2. The molecule has 2 radical (unpaired) electrons. The molecular formula is H4O6PbS2. The van der Waals surface area contributed by atoms with E-state index >= 15 is 0 Å². The molecule has 0 aromatic rings. The molecule has 6 nitrogen and oxygen atoms in total. The van der Waals surface area contributed by atoms with Gasteiger partial charge in [-0.3, -0.25) is 9.11 Å². The maximum atomic E-state index is 9.37. The van der Waals surface area contributed by atoms with Crippen LogP contribution in [0.2, 0.25) is 0 Å². The van der Waals surface area contributed by atoms with Crippen LogP contribution in [-0.4, -0.2) is 53.2 Å². The number of rotatable bonds is 1. The molecule has 0 amide bonds. The summed E-state index contributed by atoms with van der Waals surface area (Å²) in [6.07, 6.45) is 0. The summed E-state index contributed by atoms with van der Waals surface area (Å²) in [4.78, 5) is 0. The van der Waals surface area contributed by atoms with Crippen molar-refractivity contribution in [2.75, 3.05) is 0 Å². The van der Waals surface area contributed by atoms with E-state index in [0.29, 0.717) is 0 Å². The standard InChI is InChI=1S/H2O6S2.Pb.2H/c1-7(2,3)8(4,5)6;;;/h(H,1,2,3)(H,4,5,6);;;. The fraction of sp³-hybridized carbons (Fsp3) is 0. The third kappa shape index (κ3) is 4.19. The van der Waals surface area contributed by atoms with Crippen LogP contribution in [0.5, 0.6) is 0 Å². The van der Waals surface area contributed by atoms with Crippen LogP contribution in [0.1, 0.15) is 0 Å². The Balaban J connectivity index is 0.